The van der Waals surface area contributed by atoms with E-state index in [9.17, 15) is 18.0 Å². The van der Waals surface area contributed by atoms with E-state index in [0.29, 0.717) is 41.8 Å². The second-order valence-corrected chi connectivity index (χ2v) is 8.93. The van der Waals surface area contributed by atoms with Crippen molar-refractivity contribution in [3.05, 3.63) is 119 Å². The lowest BCUT2D eigenvalue weighted by Gasteiger charge is -2.15. The van der Waals surface area contributed by atoms with E-state index in [4.69, 9.17) is 18.9 Å². The summed E-state index contributed by atoms with van der Waals surface area (Å²) >= 11 is 0. The second-order valence-electron chi connectivity index (χ2n) is 8.93. The van der Waals surface area contributed by atoms with Crippen molar-refractivity contribution >= 4 is 12.1 Å². The van der Waals surface area contributed by atoms with Crippen molar-refractivity contribution < 1.29 is 36.9 Å². The molecule has 0 saturated heterocycles. The highest BCUT2D eigenvalue weighted by atomic mass is 19.4. The Morgan fingerprint density at radius 3 is 2.17 bits per heavy atom. The maximum Gasteiger partial charge on any atom is 0.417 e. The molecule has 0 atom stereocenters. The highest BCUT2D eigenvalue weighted by Crippen LogP contribution is 2.33. The van der Waals surface area contributed by atoms with E-state index < -0.39 is 23.2 Å². The molecule has 0 fully saturated rings. The maximum atomic E-state index is 13.2. The number of hydrogen-bond donors (Lipinski definition) is 1. The third kappa shape index (κ3) is 8.03. The summed E-state index contributed by atoms with van der Waals surface area (Å²) < 4.78 is 62.7. The molecular formula is C32H29F3N2O5. The zero-order chi connectivity index (χ0) is 30.0. The smallest absolute Gasteiger partial charge is 0.417 e. The van der Waals surface area contributed by atoms with E-state index in [1.807, 2.05) is 55.5 Å². The summed E-state index contributed by atoms with van der Waals surface area (Å²) in [6.45, 7) is 3.00. The summed E-state index contributed by atoms with van der Waals surface area (Å²) in [5.41, 5.74) is 2.99. The van der Waals surface area contributed by atoms with Crippen molar-refractivity contribution in [2.24, 2.45) is 5.10 Å². The number of halogens is 3. The van der Waals surface area contributed by atoms with Crippen molar-refractivity contribution in [2.45, 2.75) is 26.3 Å². The van der Waals surface area contributed by atoms with Gasteiger partial charge in [0.25, 0.3) is 5.91 Å². The van der Waals surface area contributed by atoms with Crippen LogP contribution in [0.4, 0.5) is 13.2 Å². The van der Waals surface area contributed by atoms with Crippen LogP contribution >= 0.6 is 0 Å². The number of rotatable bonds is 12. The Morgan fingerprint density at radius 2 is 1.45 bits per heavy atom. The number of benzene rings is 4. The molecule has 4 aromatic rings. The predicted molar refractivity (Wildman–Crippen MR) is 152 cm³/mol. The molecule has 42 heavy (non-hydrogen) atoms. The van der Waals surface area contributed by atoms with Gasteiger partial charge in [-0.1, -0.05) is 48.5 Å². The molecule has 10 heteroatoms. The molecule has 0 radical (unpaired) electrons. The first-order valence-corrected chi connectivity index (χ1v) is 13.0. The van der Waals surface area contributed by atoms with Gasteiger partial charge in [-0.3, -0.25) is 4.79 Å². The fourth-order valence-electron chi connectivity index (χ4n) is 3.96. The van der Waals surface area contributed by atoms with Crippen molar-refractivity contribution in [2.75, 3.05) is 13.7 Å². The summed E-state index contributed by atoms with van der Waals surface area (Å²) in [5, 5.41) is 3.80. The Bertz CT molecular complexity index is 1520. The Hall–Kier alpha value is -4.99. The second kappa shape index (κ2) is 14.1. The monoisotopic (exact) mass is 578 g/mol. The lowest BCUT2D eigenvalue weighted by atomic mass is 10.1. The molecule has 0 aliphatic carbocycles. The van der Waals surface area contributed by atoms with Crippen LogP contribution in [0.5, 0.6) is 23.0 Å². The van der Waals surface area contributed by atoms with Gasteiger partial charge in [-0.2, -0.15) is 18.3 Å². The number of methoxy groups -OCH3 is 1. The number of carbonyl (C=O) groups excluding carboxylic acids is 1. The fourth-order valence-corrected chi connectivity index (χ4v) is 3.96. The van der Waals surface area contributed by atoms with Crippen LogP contribution in [0.2, 0.25) is 0 Å². The first kappa shape index (κ1) is 30.0. The number of nitrogens with zero attached hydrogens (tertiary/aromatic N) is 1. The Morgan fingerprint density at radius 1 is 0.786 bits per heavy atom. The molecule has 1 N–H and O–H groups in total. The Balaban J connectivity index is 1.39. The molecule has 1 amide bonds. The van der Waals surface area contributed by atoms with E-state index in [2.05, 4.69) is 10.5 Å². The molecule has 4 rings (SSSR count). The molecule has 0 spiro atoms. The predicted octanol–water partition coefficient (Wildman–Crippen LogP) is 7.03. The minimum Gasteiger partial charge on any atom is -0.493 e. The highest BCUT2D eigenvalue weighted by Gasteiger charge is 2.34. The van der Waals surface area contributed by atoms with Crippen molar-refractivity contribution in [1.29, 1.82) is 0 Å². The normalized spacial score (nSPS) is 11.3. The van der Waals surface area contributed by atoms with Gasteiger partial charge in [-0.05, 0) is 66.1 Å². The van der Waals surface area contributed by atoms with Crippen molar-refractivity contribution in [3.63, 3.8) is 0 Å². The van der Waals surface area contributed by atoms with Gasteiger partial charge in [-0.15, -0.1) is 0 Å². The van der Waals surface area contributed by atoms with Crippen LogP contribution in [0.3, 0.4) is 0 Å². The average Bonchev–Trinajstić information content (AvgIpc) is 3.00. The fraction of sp³-hybridized carbons (Fsp3) is 0.188. The minimum atomic E-state index is -4.66. The third-order valence-electron chi connectivity index (χ3n) is 5.98. The molecule has 0 aliphatic heterocycles. The molecule has 0 aliphatic rings. The van der Waals surface area contributed by atoms with Gasteiger partial charge in [0.15, 0.2) is 23.0 Å². The molecule has 7 nitrogen and oxygen atoms in total. The van der Waals surface area contributed by atoms with E-state index in [1.54, 1.807) is 18.2 Å². The van der Waals surface area contributed by atoms with Crippen molar-refractivity contribution in [3.8, 4) is 23.0 Å². The topological polar surface area (TPSA) is 78.4 Å². The molecule has 0 bridgehead atoms. The SMILES string of the molecule is CCOc1cc(COc2ccc(/C=N/NC(=O)c3ccccc3C(F)(F)F)cc2OC)ccc1OCc1ccccc1. The largest absolute Gasteiger partial charge is 0.493 e. The first-order valence-electron chi connectivity index (χ1n) is 13.0. The van der Waals surface area contributed by atoms with Crippen LogP contribution in [0, 0.1) is 0 Å². The van der Waals surface area contributed by atoms with Crippen LogP contribution in [-0.2, 0) is 19.4 Å². The van der Waals surface area contributed by atoms with Gasteiger partial charge >= 0.3 is 6.18 Å². The lowest BCUT2D eigenvalue weighted by Crippen LogP contribution is -2.22. The standard InChI is InChI=1S/C32H29F3N2O5/c1-3-40-30-18-24(14-16-28(30)41-20-22-9-5-4-6-10-22)21-42-27-15-13-23(17-29(27)39-2)19-36-37-31(38)25-11-7-8-12-26(25)32(33,34)35/h4-19H,3,20-21H2,1-2H3,(H,37,38)/b36-19+. The maximum absolute atomic E-state index is 13.2. The van der Waals surface area contributed by atoms with Gasteiger partial charge < -0.3 is 18.9 Å². The Labute approximate surface area is 241 Å². The summed E-state index contributed by atoms with van der Waals surface area (Å²) in [5.74, 6) is 1.11. The number of nitrogens with one attached hydrogen (secondary N) is 1. The zero-order valence-electron chi connectivity index (χ0n) is 23.0. The summed E-state index contributed by atoms with van der Waals surface area (Å²) in [6, 6.07) is 24.9. The van der Waals surface area contributed by atoms with E-state index in [1.165, 1.54) is 25.5 Å². The lowest BCUT2D eigenvalue weighted by molar-refractivity contribution is -0.137. The van der Waals surface area contributed by atoms with E-state index in [0.717, 1.165) is 23.3 Å². The number of alkyl halides is 3. The molecule has 0 unspecified atom stereocenters. The molecule has 0 saturated carbocycles. The van der Waals surface area contributed by atoms with Crippen LogP contribution < -0.4 is 24.4 Å². The van der Waals surface area contributed by atoms with Crippen LogP contribution in [0.1, 0.15) is 39.5 Å². The average molecular weight is 579 g/mol. The first-order chi connectivity index (χ1) is 20.3. The van der Waals surface area contributed by atoms with Crippen LogP contribution in [-0.4, -0.2) is 25.8 Å². The zero-order valence-corrected chi connectivity index (χ0v) is 23.0. The number of hydrogen-bond acceptors (Lipinski definition) is 6. The van der Waals surface area contributed by atoms with Crippen molar-refractivity contribution in [1.82, 2.24) is 5.43 Å². The van der Waals surface area contributed by atoms with E-state index >= 15 is 0 Å². The van der Waals surface area contributed by atoms with Gasteiger partial charge in [0.2, 0.25) is 0 Å². The summed E-state index contributed by atoms with van der Waals surface area (Å²) in [7, 11) is 1.48. The highest BCUT2D eigenvalue weighted by molar-refractivity contribution is 5.96. The third-order valence-corrected chi connectivity index (χ3v) is 5.98. The van der Waals surface area contributed by atoms with Gasteiger partial charge in [-0.25, -0.2) is 5.43 Å². The van der Waals surface area contributed by atoms with Gasteiger partial charge in [0.05, 0.1) is 31.1 Å². The van der Waals surface area contributed by atoms with E-state index in [-0.39, 0.29) is 6.61 Å². The summed E-state index contributed by atoms with van der Waals surface area (Å²) in [6.07, 6.45) is -3.37. The molecule has 218 valence electrons. The van der Waals surface area contributed by atoms with Gasteiger partial charge in [0.1, 0.15) is 13.2 Å². The van der Waals surface area contributed by atoms with Gasteiger partial charge in [0, 0.05) is 0 Å². The molecule has 0 aromatic heterocycles. The van der Waals surface area contributed by atoms with Crippen LogP contribution in [0.25, 0.3) is 0 Å². The quantitative estimate of drug-likeness (QED) is 0.144. The van der Waals surface area contributed by atoms with Crippen LogP contribution in [0.15, 0.2) is 96.1 Å². The Kier molecular flexibility index (Phi) is 10.0. The number of hydrazone groups is 1. The number of amides is 1. The summed E-state index contributed by atoms with van der Waals surface area (Å²) in [4.78, 5) is 12.3. The number of carbonyl (C=O) groups is 1. The molecule has 0 heterocycles. The molecule has 4 aromatic carbocycles. The minimum absolute atomic E-state index is 0.220. The number of ether oxygens (including phenoxy) is 4. The molecular weight excluding hydrogens is 549 g/mol.